The van der Waals surface area contributed by atoms with Crippen LogP contribution < -0.4 is 10.6 Å². The van der Waals surface area contributed by atoms with Gasteiger partial charge in [0.25, 0.3) is 5.91 Å². The average molecular weight is 402 g/mol. The van der Waals surface area contributed by atoms with E-state index in [4.69, 9.17) is 9.47 Å². The summed E-state index contributed by atoms with van der Waals surface area (Å²) in [5.74, 6) is -2.37. The van der Waals surface area contributed by atoms with Crippen LogP contribution in [-0.4, -0.2) is 71.3 Å². The highest BCUT2D eigenvalue weighted by atomic mass is 16.5. The van der Waals surface area contributed by atoms with Crippen molar-refractivity contribution in [2.24, 2.45) is 0 Å². The number of amides is 2. The Labute approximate surface area is 168 Å². The largest absolute Gasteiger partial charge is 0.477 e. The van der Waals surface area contributed by atoms with Crippen molar-refractivity contribution in [1.29, 1.82) is 0 Å². The second-order valence-corrected chi connectivity index (χ2v) is 6.10. The van der Waals surface area contributed by atoms with E-state index in [-0.39, 0.29) is 25.5 Å². The molecular formula is C18H23BN4O6. The summed E-state index contributed by atoms with van der Waals surface area (Å²) in [6.07, 6.45) is 4.02. The van der Waals surface area contributed by atoms with Gasteiger partial charge in [-0.15, -0.1) is 0 Å². The molecule has 1 aromatic carbocycles. The van der Waals surface area contributed by atoms with Gasteiger partial charge in [-0.3, -0.25) is 14.6 Å². The molecule has 0 fully saturated rings. The third kappa shape index (κ3) is 7.58. The molecule has 10 nitrogen and oxygen atoms in total. The predicted molar refractivity (Wildman–Crippen MR) is 103 cm³/mol. The minimum atomic E-state index is -1.85. The molecule has 0 bridgehead atoms. The fourth-order valence-corrected chi connectivity index (χ4v) is 2.36. The molecule has 0 radical (unpaired) electrons. The quantitative estimate of drug-likeness (QED) is 0.348. The number of hydrogen-bond donors (Lipinski definition) is 4. The van der Waals surface area contributed by atoms with Gasteiger partial charge in [0, 0.05) is 19.5 Å². The van der Waals surface area contributed by atoms with Gasteiger partial charge in [0.15, 0.2) is 0 Å². The number of nitrogens with one attached hydrogen (secondary N) is 2. The summed E-state index contributed by atoms with van der Waals surface area (Å²) in [6.45, 7) is -0.0299. The minimum Gasteiger partial charge on any atom is -0.426 e. The van der Waals surface area contributed by atoms with Crippen LogP contribution >= 0.6 is 0 Å². The molecule has 11 heteroatoms. The van der Waals surface area contributed by atoms with Gasteiger partial charge in [0.1, 0.15) is 11.7 Å². The molecule has 0 saturated carbocycles. The topological polar surface area (TPSA) is 143 Å². The molecule has 2 aromatic rings. The van der Waals surface area contributed by atoms with Crippen molar-refractivity contribution in [3.05, 3.63) is 60.2 Å². The van der Waals surface area contributed by atoms with Crippen LogP contribution in [0.25, 0.3) is 0 Å². The van der Waals surface area contributed by atoms with E-state index >= 15 is 0 Å². The van der Waals surface area contributed by atoms with Gasteiger partial charge >= 0.3 is 7.12 Å². The Kier molecular flexibility index (Phi) is 9.18. The molecule has 2 atom stereocenters. The van der Waals surface area contributed by atoms with Gasteiger partial charge in [0.2, 0.25) is 5.91 Å². The number of ether oxygens (including phenoxy) is 2. The number of carbonyl (C=O) groups is 2. The molecule has 154 valence electrons. The second-order valence-electron chi connectivity index (χ2n) is 6.10. The van der Waals surface area contributed by atoms with Crippen LogP contribution in [-0.2, 0) is 20.9 Å². The SMILES string of the molecule is COCC(NC(=O)c1cnccn1)C(=O)N[C@@H](COCc1ccccc1)B(O)O. The maximum atomic E-state index is 12.5. The minimum absolute atomic E-state index is 0.0336. The van der Waals surface area contributed by atoms with Crippen LogP contribution in [0.15, 0.2) is 48.9 Å². The summed E-state index contributed by atoms with van der Waals surface area (Å²) in [5.41, 5.74) is 0.935. The third-order valence-corrected chi connectivity index (χ3v) is 3.85. The van der Waals surface area contributed by atoms with E-state index in [9.17, 15) is 19.6 Å². The lowest BCUT2D eigenvalue weighted by Crippen LogP contribution is -2.56. The first-order valence-corrected chi connectivity index (χ1v) is 8.85. The van der Waals surface area contributed by atoms with Crippen molar-refractivity contribution in [2.45, 2.75) is 18.6 Å². The van der Waals surface area contributed by atoms with Gasteiger partial charge in [0.05, 0.1) is 32.0 Å². The van der Waals surface area contributed by atoms with Crippen molar-refractivity contribution in [2.75, 3.05) is 20.3 Å². The van der Waals surface area contributed by atoms with E-state index in [1.54, 1.807) is 0 Å². The second kappa shape index (κ2) is 11.9. The highest BCUT2D eigenvalue weighted by Crippen LogP contribution is 2.02. The fourth-order valence-electron chi connectivity index (χ4n) is 2.36. The van der Waals surface area contributed by atoms with Crippen molar-refractivity contribution in [3.63, 3.8) is 0 Å². The number of methoxy groups -OCH3 is 1. The van der Waals surface area contributed by atoms with Gasteiger partial charge < -0.3 is 30.2 Å². The van der Waals surface area contributed by atoms with Crippen molar-refractivity contribution in [1.82, 2.24) is 20.6 Å². The first kappa shape index (κ1) is 22.4. The first-order chi connectivity index (χ1) is 14.0. The lowest BCUT2D eigenvalue weighted by atomic mass is 9.80. The monoisotopic (exact) mass is 402 g/mol. The summed E-state index contributed by atoms with van der Waals surface area (Å²) in [6, 6.07) is 8.22. The third-order valence-electron chi connectivity index (χ3n) is 3.85. The maximum Gasteiger partial charge on any atom is 0.477 e. The van der Waals surface area contributed by atoms with Gasteiger partial charge in [-0.05, 0) is 5.56 Å². The molecule has 0 aliphatic rings. The molecule has 0 aliphatic carbocycles. The Morgan fingerprint density at radius 3 is 2.52 bits per heavy atom. The van der Waals surface area contributed by atoms with Gasteiger partial charge in [-0.2, -0.15) is 0 Å². The standard InChI is InChI=1S/C18H23BN4O6/c1-28-11-15(22-17(24)14-9-20-7-8-21-14)18(25)23-16(19(26)27)12-29-10-13-5-3-2-4-6-13/h2-9,15-16,26-27H,10-12H2,1H3,(H,22,24)(H,23,25)/t15?,16-/m0/s1. The molecule has 0 spiro atoms. The number of hydrogen-bond acceptors (Lipinski definition) is 8. The fraction of sp³-hybridized carbons (Fsp3) is 0.333. The smallest absolute Gasteiger partial charge is 0.426 e. The Morgan fingerprint density at radius 1 is 1.14 bits per heavy atom. The average Bonchev–Trinajstić information content (AvgIpc) is 2.73. The summed E-state index contributed by atoms with van der Waals surface area (Å²) in [5, 5.41) is 24.0. The predicted octanol–water partition coefficient (Wildman–Crippen LogP) is -1.06. The summed E-state index contributed by atoms with van der Waals surface area (Å²) >= 11 is 0. The molecular weight excluding hydrogens is 379 g/mol. The van der Waals surface area contributed by atoms with Crippen molar-refractivity contribution >= 4 is 18.9 Å². The lowest BCUT2D eigenvalue weighted by Gasteiger charge is -2.22. The molecule has 0 aliphatic heterocycles. The first-order valence-electron chi connectivity index (χ1n) is 8.85. The zero-order chi connectivity index (χ0) is 21.1. The summed E-state index contributed by atoms with van der Waals surface area (Å²) in [4.78, 5) is 32.4. The normalized spacial score (nSPS) is 12.7. The zero-order valence-corrected chi connectivity index (χ0v) is 15.9. The number of benzene rings is 1. The molecule has 0 saturated heterocycles. The molecule has 29 heavy (non-hydrogen) atoms. The van der Waals surface area contributed by atoms with Crippen LogP contribution in [0.3, 0.4) is 0 Å². The van der Waals surface area contributed by atoms with Crippen LogP contribution in [0.4, 0.5) is 0 Å². The Bertz CT molecular complexity index is 765. The van der Waals surface area contributed by atoms with E-state index in [0.717, 1.165) is 5.56 Å². The zero-order valence-electron chi connectivity index (χ0n) is 15.9. The summed E-state index contributed by atoms with van der Waals surface area (Å²) < 4.78 is 10.4. The molecule has 2 rings (SSSR count). The van der Waals surface area contributed by atoms with Gasteiger partial charge in [-0.25, -0.2) is 4.98 Å². The van der Waals surface area contributed by atoms with Crippen molar-refractivity contribution < 1.29 is 29.1 Å². The molecule has 1 heterocycles. The van der Waals surface area contributed by atoms with Gasteiger partial charge in [-0.1, -0.05) is 30.3 Å². The number of carbonyl (C=O) groups excluding carboxylic acids is 2. The molecule has 1 unspecified atom stereocenters. The number of nitrogens with zero attached hydrogens (tertiary/aromatic N) is 2. The van der Waals surface area contributed by atoms with E-state index in [1.807, 2.05) is 30.3 Å². The van der Waals surface area contributed by atoms with E-state index in [2.05, 4.69) is 20.6 Å². The van der Waals surface area contributed by atoms with Crippen LogP contribution in [0.1, 0.15) is 16.1 Å². The van der Waals surface area contributed by atoms with Crippen LogP contribution in [0.5, 0.6) is 0 Å². The van der Waals surface area contributed by atoms with E-state index in [1.165, 1.54) is 25.7 Å². The molecule has 4 N–H and O–H groups in total. The molecule has 1 aromatic heterocycles. The van der Waals surface area contributed by atoms with E-state index in [0.29, 0.717) is 0 Å². The van der Waals surface area contributed by atoms with E-state index < -0.39 is 30.9 Å². The van der Waals surface area contributed by atoms with Crippen LogP contribution in [0.2, 0.25) is 0 Å². The van der Waals surface area contributed by atoms with Crippen molar-refractivity contribution in [3.8, 4) is 0 Å². The Morgan fingerprint density at radius 2 is 1.90 bits per heavy atom. The number of aromatic nitrogens is 2. The lowest BCUT2D eigenvalue weighted by molar-refractivity contribution is -0.125. The maximum absolute atomic E-state index is 12.5. The Hall–Kier alpha value is -2.86. The highest BCUT2D eigenvalue weighted by molar-refractivity contribution is 6.43. The summed E-state index contributed by atoms with van der Waals surface area (Å²) in [7, 11) is -0.482. The molecule has 2 amide bonds. The number of rotatable bonds is 11. The Balaban J connectivity index is 1.92. The highest BCUT2D eigenvalue weighted by Gasteiger charge is 2.30. The van der Waals surface area contributed by atoms with Crippen LogP contribution in [0, 0.1) is 0 Å².